The van der Waals surface area contributed by atoms with E-state index in [-0.39, 0.29) is 11.4 Å². The number of nitrogen functional groups attached to an aromatic ring is 1. The number of carbonyl (C=O) groups is 1. The number of aromatic nitrogens is 2. The number of hydrogen-bond acceptors (Lipinski definition) is 6. The minimum Gasteiger partial charge on any atom is -0.480 e. The molecule has 0 unspecified atom stereocenters. The molecule has 29 heavy (non-hydrogen) atoms. The largest absolute Gasteiger partial charge is 0.480 e. The van der Waals surface area contributed by atoms with Gasteiger partial charge in [-0.25, -0.2) is 4.79 Å². The molecular weight excluding hydrogens is 398 g/mol. The Hall–Kier alpha value is -2.62. The molecule has 1 aliphatic heterocycles. The summed E-state index contributed by atoms with van der Waals surface area (Å²) >= 11 is 6.04. The van der Waals surface area contributed by atoms with Crippen LogP contribution in [0.4, 0.5) is 5.82 Å². The summed E-state index contributed by atoms with van der Waals surface area (Å²) in [6.07, 6.45) is 0. The number of piperazine rings is 1. The molecule has 10 heteroatoms. The molecule has 1 atom stereocenters. The smallest absolute Gasteiger partial charge is 0.332 e. The Kier molecular flexibility index (Phi) is 6.11. The molecule has 3 N–H and O–H groups in total. The monoisotopic (exact) mass is 421 g/mol. The molecule has 0 spiro atoms. The minimum atomic E-state index is -1.21. The number of rotatable bonds is 5. The topological polar surface area (TPSA) is 114 Å². The normalized spacial score (nSPS) is 16.7. The Labute approximate surface area is 172 Å². The van der Waals surface area contributed by atoms with E-state index in [1.807, 2.05) is 24.3 Å². The van der Waals surface area contributed by atoms with E-state index >= 15 is 0 Å². The number of nitrogens with two attached hydrogens (primary N) is 1. The molecule has 1 aliphatic rings. The highest BCUT2D eigenvalue weighted by Gasteiger charge is 2.35. The van der Waals surface area contributed by atoms with Gasteiger partial charge in [0.1, 0.15) is 11.9 Å². The quantitative estimate of drug-likeness (QED) is 0.711. The lowest BCUT2D eigenvalue weighted by atomic mass is 10.1. The molecule has 0 aliphatic carbocycles. The summed E-state index contributed by atoms with van der Waals surface area (Å²) in [6, 6.07) is 6.40. The van der Waals surface area contributed by atoms with Gasteiger partial charge in [-0.1, -0.05) is 23.7 Å². The van der Waals surface area contributed by atoms with E-state index in [1.165, 1.54) is 14.1 Å². The summed E-state index contributed by atoms with van der Waals surface area (Å²) in [5, 5.41) is 10.5. The van der Waals surface area contributed by atoms with E-state index in [9.17, 15) is 19.5 Å². The molecule has 156 valence electrons. The maximum Gasteiger partial charge on any atom is 0.332 e. The molecule has 1 aromatic carbocycles. The van der Waals surface area contributed by atoms with Crippen LogP contribution in [0.1, 0.15) is 17.2 Å². The maximum absolute atomic E-state index is 12.6. The standard InChI is InChI=1S/C19H24ClN5O4/c1-22-16(21)14(17(26)23(2)19(22)29)15(18(27)28)25-8-6-24(7-9-25)11-12-4-3-5-13(20)10-12/h3-5,10,15H,6-9,11,21H2,1-2H3,(H,27,28)/t15-/m0/s1. The molecule has 0 radical (unpaired) electrons. The second kappa shape index (κ2) is 8.40. The van der Waals surface area contributed by atoms with Crippen LogP contribution in [0.3, 0.4) is 0 Å². The van der Waals surface area contributed by atoms with Gasteiger partial charge in [-0.15, -0.1) is 0 Å². The Balaban J connectivity index is 1.82. The fourth-order valence-corrected chi connectivity index (χ4v) is 3.89. The van der Waals surface area contributed by atoms with Crippen molar-refractivity contribution in [3.05, 3.63) is 61.3 Å². The van der Waals surface area contributed by atoms with E-state index in [0.717, 1.165) is 14.7 Å². The fraction of sp³-hybridized carbons (Fsp3) is 0.421. The van der Waals surface area contributed by atoms with Gasteiger partial charge in [-0.05, 0) is 17.7 Å². The molecule has 3 rings (SSSR count). The maximum atomic E-state index is 12.6. The Morgan fingerprint density at radius 1 is 1.17 bits per heavy atom. The van der Waals surface area contributed by atoms with Crippen LogP contribution in [0.15, 0.2) is 33.9 Å². The first-order chi connectivity index (χ1) is 13.7. The third-order valence-corrected chi connectivity index (χ3v) is 5.56. The number of anilines is 1. The van der Waals surface area contributed by atoms with Crippen molar-refractivity contribution in [3.63, 3.8) is 0 Å². The third kappa shape index (κ3) is 4.21. The fourth-order valence-electron chi connectivity index (χ4n) is 3.68. The van der Waals surface area contributed by atoms with Crippen molar-refractivity contribution in [3.8, 4) is 0 Å². The van der Waals surface area contributed by atoms with Crippen LogP contribution in [-0.2, 0) is 25.4 Å². The summed E-state index contributed by atoms with van der Waals surface area (Å²) in [5.41, 5.74) is 5.71. The van der Waals surface area contributed by atoms with E-state index in [1.54, 1.807) is 4.90 Å². The number of carboxylic acids is 1. The number of aliphatic carboxylic acids is 1. The number of halogens is 1. The molecule has 9 nitrogen and oxygen atoms in total. The highest BCUT2D eigenvalue weighted by molar-refractivity contribution is 6.30. The number of hydrogen-bond donors (Lipinski definition) is 2. The molecule has 1 saturated heterocycles. The van der Waals surface area contributed by atoms with Crippen molar-refractivity contribution >= 4 is 23.4 Å². The molecule has 1 fully saturated rings. The van der Waals surface area contributed by atoms with Crippen molar-refractivity contribution in [2.75, 3.05) is 31.9 Å². The van der Waals surface area contributed by atoms with Gasteiger partial charge in [-0.3, -0.25) is 28.5 Å². The molecular formula is C19H24ClN5O4. The van der Waals surface area contributed by atoms with E-state index in [2.05, 4.69) is 4.90 Å². The van der Waals surface area contributed by atoms with Gasteiger partial charge in [0.2, 0.25) is 0 Å². The summed E-state index contributed by atoms with van der Waals surface area (Å²) < 4.78 is 1.99. The average molecular weight is 422 g/mol. The predicted molar refractivity (Wildman–Crippen MR) is 110 cm³/mol. The lowest BCUT2D eigenvalue weighted by Gasteiger charge is -2.38. The predicted octanol–water partition coefficient (Wildman–Crippen LogP) is 0.263. The van der Waals surface area contributed by atoms with E-state index < -0.39 is 23.3 Å². The van der Waals surface area contributed by atoms with Gasteiger partial charge < -0.3 is 10.8 Å². The molecule has 2 aromatic rings. The first kappa shape index (κ1) is 21.1. The van der Waals surface area contributed by atoms with Crippen LogP contribution >= 0.6 is 11.6 Å². The minimum absolute atomic E-state index is 0.0783. The van der Waals surface area contributed by atoms with Gasteiger partial charge in [0.05, 0.1) is 5.56 Å². The summed E-state index contributed by atoms with van der Waals surface area (Å²) in [6.45, 7) is 2.85. The van der Waals surface area contributed by atoms with Crippen LogP contribution in [0.2, 0.25) is 5.02 Å². The van der Waals surface area contributed by atoms with E-state index in [0.29, 0.717) is 37.7 Å². The Morgan fingerprint density at radius 2 is 1.83 bits per heavy atom. The first-order valence-electron chi connectivity index (χ1n) is 9.19. The highest BCUT2D eigenvalue weighted by Crippen LogP contribution is 2.24. The molecule has 0 saturated carbocycles. The highest BCUT2D eigenvalue weighted by atomic mass is 35.5. The first-order valence-corrected chi connectivity index (χ1v) is 9.57. The van der Waals surface area contributed by atoms with Crippen LogP contribution in [0.25, 0.3) is 0 Å². The SMILES string of the molecule is Cn1c(N)c([C@@H](C(=O)O)N2CCN(Cc3cccc(Cl)c3)CC2)c(=O)n(C)c1=O. The lowest BCUT2D eigenvalue weighted by Crippen LogP contribution is -2.51. The second-order valence-electron chi connectivity index (χ2n) is 7.19. The van der Waals surface area contributed by atoms with Gasteiger partial charge in [0.25, 0.3) is 5.56 Å². The molecule has 2 heterocycles. The summed E-state index contributed by atoms with van der Waals surface area (Å²) in [5.74, 6) is -1.29. The van der Waals surface area contributed by atoms with Gasteiger partial charge in [0, 0.05) is 51.8 Å². The molecule has 1 aromatic heterocycles. The van der Waals surface area contributed by atoms with Crippen LogP contribution in [-0.4, -0.2) is 56.2 Å². The van der Waals surface area contributed by atoms with Crippen molar-refractivity contribution in [2.45, 2.75) is 12.6 Å². The molecule has 0 amide bonds. The molecule has 0 bridgehead atoms. The van der Waals surface area contributed by atoms with Crippen LogP contribution in [0.5, 0.6) is 0 Å². The average Bonchev–Trinajstić information content (AvgIpc) is 2.69. The third-order valence-electron chi connectivity index (χ3n) is 5.32. The van der Waals surface area contributed by atoms with Crippen molar-refractivity contribution in [1.82, 2.24) is 18.9 Å². The van der Waals surface area contributed by atoms with Crippen molar-refractivity contribution in [1.29, 1.82) is 0 Å². The summed E-state index contributed by atoms with van der Waals surface area (Å²) in [4.78, 5) is 40.7. The van der Waals surface area contributed by atoms with Crippen LogP contribution in [0, 0.1) is 0 Å². The summed E-state index contributed by atoms with van der Waals surface area (Å²) in [7, 11) is 2.73. The zero-order valence-corrected chi connectivity index (χ0v) is 17.1. The van der Waals surface area contributed by atoms with Gasteiger partial charge in [-0.2, -0.15) is 0 Å². The number of carboxylic acid groups (broad SMARTS) is 1. The van der Waals surface area contributed by atoms with Gasteiger partial charge in [0.15, 0.2) is 0 Å². The van der Waals surface area contributed by atoms with Gasteiger partial charge >= 0.3 is 11.7 Å². The van der Waals surface area contributed by atoms with Crippen molar-refractivity contribution in [2.24, 2.45) is 14.1 Å². The van der Waals surface area contributed by atoms with E-state index in [4.69, 9.17) is 17.3 Å². The lowest BCUT2D eigenvalue weighted by molar-refractivity contribution is -0.144. The second-order valence-corrected chi connectivity index (χ2v) is 7.62. The zero-order chi connectivity index (χ0) is 21.3. The Bertz CT molecular complexity index is 1040. The van der Waals surface area contributed by atoms with Crippen LogP contribution < -0.4 is 17.0 Å². The Morgan fingerprint density at radius 3 is 2.41 bits per heavy atom. The zero-order valence-electron chi connectivity index (χ0n) is 16.3. The van der Waals surface area contributed by atoms with Crippen molar-refractivity contribution < 1.29 is 9.90 Å². The number of nitrogens with zero attached hydrogens (tertiary/aromatic N) is 4. The number of benzene rings is 1.